The number of nitrogens with zero attached hydrogens (tertiary/aromatic N) is 2. The molecule has 0 aromatic rings. The van der Waals surface area contributed by atoms with Crippen LogP contribution in [0.1, 0.15) is 52.9 Å². The van der Waals surface area contributed by atoms with Gasteiger partial charge in [0.2, 0.25) is 0 Å². The Morgan fingerprint density at radius 3 is 2.19 bits per heavy atom. The van der Waals surface area contributed by atoms with Crippen molar-refractivity contribution in [2.24, 2.45) is 17.6 Å². The third kappa shape index (κ3) is 7.83. The summed E-state index contributed by atoms with van der Waals surface area (Å²) in [5, 5.41) is 0. The molecule has 1 saturated heterocycles. The number of piperidine rings is 1. The molecule has 2 rings (SSSR count). The monoisotopic (exact) mass is 317 g/mol. The minimum atomic E-state index is -0.0455. The van der Waals surface area contributed by atoms with Gasteiger partial charge >= 0.3 is 0 Å². The molecule has 1 saturated carbocycles. The summed E-state index contributed by atoms with van der Waals surface area (Å²) in [4.78, 5) is 5.23. The van der Waals surface area contributed by atoms with Crippen molar-refractivity contribution in [3.05, 3.63) is 0 Å². The second-order valence-electron chi connectivity index (χ2n) is 7.83. The van der Waals surface area contributed by atoms with Gasteiger partial charge in [0.25, 0.3) is 0 Å². The Morgan fingerprint density at radius 1 is 1.10 bits per heavy atom. The van der Waals surface area contributed by atoms with E-state index < -0.39 is 0 Å². The van der Waals surface area contributed by atoms with E-state index in [0.717, 1.165) is 18.4 Å². The molecule has 0 atom stereocenters. The van der Waals surface area contributed by atoms with E-state index in [4.69, 9.17) is 5.73 Å². The van der Waals surface area contributed by atoms with Gasteiger partial charge in [0.05, 0.1) is 0 Å². The van der Waals surface area contributed by atoms with Gasteiger partial charge in [0.15, 0.2) is 0 Å². The van der Waals surface area contributed by atoms with Crippen LogP contribution in [0.4, 0.5) is 0 Å². The maximum absolute atomic E-state index is 6.12. The fourth-order valence-corrected chi connectivity index (χ4v) is 3.42. The summed E-state index contributed by atoms with van der Waals surface area (Å²) >= 11 is 0. The van der Waals surface area contributed by atoms with Crippen LogP contribution in [0.3, 0.4) is 0 Å². The van der Waals surface area contributed by atoms with Gasteiger partial charge < -0.3 is 15.5 Å². The molecular formula is C17H36ClN3. The topological polar surface area (TPSA) is 32.5 Å². The van der Waals surface area contributed by atoms with Crippen LogP contribution >= 0.6 is 12.4 Å². The number of nitrogens with two attached hydrogens (primary N) is 1. The van der Waals surface area contributed by atoms with Crippen molar-refractivity contribution in [2.45, 2.75) is 58.4 Å². The molecule has 4 heteroatoms. The maximum Gasteiger partial charge on any atom is 0.0226 e. The van der Waals surface area contributed by atoms with Gasteiger partial charge in [-0.15, -0.1) is 12.4 Å². The zero-order valence-corrected chi connectivity index (χ0v) is 15.1. The summed E-state index contributed by atoms with van der Waals surface area (Å²) in [7, 11) is 0. The van der Waals surface area contributed by atoms with Crippen LogP contribution in [0.2, 0.25) is 0 Å². The summed E-state index contributed by atoms with van der Waals surface area (Å²) in [5.41, 5.74) is 6.08. The van der Waals surface area contributed by atoms with Crippen molar-refractivity contribution < 1.29 is 0 Å². The van der Waals surface area contributed by atoms with Crippen molar-refractivity contribution >= 4 is 12.4 Å². The average molecular weight is 318 g/mol. The summed E-state index contributed by atoms with van der Waals surface area (Å²) in [6.07, 6.45) is 7.10. The number of hydrogen-bond donors (Lipinski definition) is 1. The van der Waals surface area contributed by atoms with Crippen molar-refractivity contribution in [3.63, 3.8) is 0 Å². The largest absolute Gasteiger partial charge is 0.324 e. The molecule has 3 nitrogen and oxygen atoms in total. The minimum Gasteiger partial charge on any atom is -0.324 e. The lowest BCUT2D eigenvalue weighted by molar-refractivity contribution is 0.144. The molecule has 1 aliphatic heterocycles. The standard InChI is InChI=1S/C17H35N3.ClH/c1-4-19(13-16-5-6-16)10-7-15-8-11-20(12-9-15)14-17(2,3)18;/h15-16H,4-14,18H2,1-3H3;1H. The van der Waals surface area contributed by atoms with Crippen molar-refractivity contribution in [1.29, 1.82) is 0 Å². The molecule has 126 valence electrons. The van der Waals surface area contributed by atoms with E-state index in [1.165, 1.54) is 64.8 Å². The molecule has 0 radical (unpaired) electrons. The number of halogens is 1. The van der Waals surface area contributed by atoms with Gasteiger partial charge in [-0.1, -0.05) is 6.92 Å². The molecule has 2 aliphatic rings. The Hall–Kier alpha value is 0.170. The van der Waals surface area contributed by atoms with Crippen LogP contribution < -0.4 is 5.73 Å². The number of hydrogen-bond acceptors (Lipinski definition) is 3. The lowest BCUT2D eigenvalue weighted by Gasteiger charge is -2.36. The Balaban J connectivity index is 0.00000220. The van der Waals surface area contributed by atoms with E-state index in [1.54, 1.807) is 0 Å². The van der Waals surface area contributed by atoms with Crippen LogP contribution in [-0.4, -0.2) is 54.6 Å². The number of likely N-dealkylation sites (tertiary alicyclic amines) is 1. The molecule has 0 aromatic carbocycles. The summed E-state index contributed by atoms with van der Waals surface area (Å²) in [6.45, 7) is 14.0. The highest BCUT2D eigenvalue weighted by atomic mass is 35.5. The second-order valence-corrected chi connectivity index (χ2v) is 7.83. The van der Waals surface area contributed by atoms with Gasteiger partial charge in [0.1, 0.15) is 0 Å². The molecule has 2 N–H and O–H groups in total. The highest BCUT2D eigenvalue weighted by molar-refractivity contribution is 5.85. The molecule has 2 fully saturated rings. The van der Waals surface area contributed by atoms with E-state index in [-0.39, 0.29) is 17.9 Å². The SMILES string of the molecule is CCN(CCC1CCN(CC(C)(C)N)CC1)CC1CC1.Cl. The Kier molecular flexibility index (Phi) is 7.97. The molecule has 1 heterocycles. The van der Waals surface area contributed by atoms with Crippen LogP contribution in [-0.2, 0) is 0 Å². The normalized spacial score (nSPS) is 21.6. The Bertz CT molecular complexity index is 278. The fourth-order valence-electron chi connectivity index (χ4n) is 3.42. The molecule has 0 spiro atoms. The van der Waals surface area contributed by atoms with Crippen molar-refractivity contribution in [1.82, 2.24) is 9.80 Å². The van der Waals surface area contributed by atoms with Crippen LogP contribution in [0.5, 0.6) is 0 Å². The van der Waals surface area contributed by atoms with Gasteiger partial charge in [-0.3, -0.25) is 0 Å². The highest BCUT2D eigenvalue weighted by Crippen LogP contribution is 2.30. The lowest BCUT2D eigenvalue weighted by atomic mass is 9.92. The van der Waals surface area contributed by atoms with E-state index in [2.05, 4.69) is 30.6 Å². The first kappa shape index (κ1) is 19.2. The van der Waals surface area contributed by atoms with Gasteiger partial charge in [-0.05, 0) is 84.0 Å². The van der Waals surface area contributed by atoms with Crippen molar-refractivity contribution in [2.75, 3.05) is 39.3 Å². The predicted molar refractivity (Wildman–Crippen MR) is 94.1 cm³/mol. The maximum atomic E-state index is 6.12. The van der Waals surface area contributed by atoms with Crippen molar-refractivity contribution in [3.8, 4) is 0 Å². The number of rotatable bonds is 8. The van der Waals surface area contributed by atoms with Crippen LogP contribution in [0, 0.1) is 11.8 Å². The second kappa shape index (κ2) is 8.71. The molecule has 1 aliphatic carbocycles. The third-order valence-electron chi connectivity index (χ3n) is 4.85. The molecule has 0 bridgehead atoms. The molecular weight excluding hydrogens is 282 g/mol. The van der Waals surface area contributed by atoms with E-state index in [9.17, 15) is 0 Å². The quantitative estimate of drug-likeness (QED) is 0.747. The van der Waals surface area contributed by atoms with E-state index >= 15 is 0 Å². The predicted octanol–water partition coefficient (Wildman–Crippen LogP) is 2.98. The average Bonchev–Trinajstić information content (AvgIpc) is 3.18. The summed E-state index contributed by atoms with van der Waals surface area (Å²) < 4.78 is 0. The molecule has 21 heavy (non-hydrogen) atoms. The lowest BCUT2D eigenvalue weighted by Crippen LogP contribution is -2.48. The van der Waals surface area contributed by atoms with E-state index in [1.807, 2.05) is 0 Å². The van der Waals surface area contributed by atoms with Gasteiger partial charge in [0, 0.05) is 18.6 Å². The van der Waals surface area contributed by atoms with Gasteiger partial charge in [-0.2, -0.15) is 0 Å². The Labute approximate surface area is 138 Å². The third-order valence-corrected chi connectivity index (χ3v) is 4.85. The zero-order valence-electron chi connectivity index (χ0n) is 14.3. The highest BCUT2D eigenvalue weighted by Gasteiger charge is 2.25. The zero-order chi connectivity index (χ0) is 14.6. The summed E-state index contributed by atoms with van der Waals surface area (Å²) in [6, 6.07) is 0. The summed E-state index contributed by atoms with van der Waals surface area (Å²) in [5.74, 6) is 1.98. The fraction of sp³-hybridized carbons (Fsp3) is 1.00. The first-order valence-electron chi connectivity index (χ1n) is 8.70. The van der Waals surface area contributed by atoms with Crippen LogP contribution in [0.15, 0.2) is 0 Å². The van der Waals surface area contributed by atoms with E-state index in [0.29, 0.717) is 0 Å². The molecule has 0 amide bonds. The van der Waals surface area contributed by atoms with Gasteiger partial charge in [-0.25, -0.2) is 0 Å². The van der Waals surface area contributed by atoms with Crippen LogP contribution in [0.25, 0.3) is 0 Å². The molecule has 0 unspecified atom stereocenters. The molecule has 0 aromatic heterocycles. The Morgan fingerprint density at radius 2 is 1.71 bits per heavy atom. The first-order valence-corrected chi connectivity index (χ1v) is 8.70. The minimum absolute atomic E-state index is 0. The smallest absolute Gasteiger partial charge is 0.0226 e. The first-order chi connectivity index (χ1) is 9.46.